The van der Waals surface area contributed by atoms with Gasteiger partial charge in [-0.3, -0.25) is 0 Å². The van der Waals surface area contributed by atoms with Crippen molar-refractivity contribution in [3.8, 4) is 22.3 Å². The first-order chi connectivity index (χ1) is 18.0. The summed E-state index contributed by atoms with van der Waals surface area (Å²) in [5.74, 6) is -0.722. The van der Waals surface area contributed by atoms with E-state index in [4.69, 9.17) is 0 Å². The van der Waals surface area contributed by atoms with Gasteiger partial charge in [0.25, 0.3) is 0 Å². The molecular weight excluding hydrogens is 465 g/mol. The van der Waals surface area contributed by atoms with Crippen LogP contribution in [-0.2, 0) is 12.8 Å². The molecule has 3 heteroatoms. The smallest absolute Gasteiger partial charge is 0.131 e. The van der Waals surface area contributed by atoms with Gasteiger partial charge in [-0.2, -0.15) is 0 Å². The van der Waals surface area contributed by atoms with Crippen LogP contribution < -0.4 is 0 Å². The number of benzene rings is 4. The molecule has 0 unspecified atom stereocenters. The number of rotatable bonds is 12. The lowest BCUT2D eigenvalue weighted by atomic mass is 9.99. The Kier molecular flexibility index (Phi) is 9.59. The summed E-state index contributed by atoms with van der Waals surface area (Å²) in [6.45, 7) is 2.03. The van der Waals surface area contributed by atoms with Crippen molar-refractivity contribution in [2.75, 3.05) is 0 Å². The minimum Gasteiger partial charge on any atom is -0.207 e. The van der Waals surface area contributed by atoms with Gasteiger partial charge < -0.3 is 0 Å². The van der Waals surface area contributed by atoms with Gasteiger partial charge in [0.1, 0.15) is 17.5 Å². The maximum Gasteiger partial charge on any atom is 0.131 e. The summed E-state index contributed by atoms with van der Waals surface area (Å²) in [4.78, 5) is 0. The van der Waals surface area contributed by atoms with Crippen LogP contribution in [0.2, 0.25) is 0 Å². The molecule has 0 saturated heterocycles. The quantitative estimate of drug-likeness (QED) is 0.170. The number of hydrogen-bond donors (Lipinski definition) is 0. The monoisotopic (exact) mass is 500 g/mol. The summed E-state index contributed by atoms with van der Waals surface area (Å²) in [6.07, 6.45) is 9.73. The summed E-state index contributed by atoms with van der Waals surface area (Å²) in [5, 5.41) is 0. The van der Waals surface area contributed by atoms with Crippen LogP contribution in [0.3, 0.4) is 0 Å². The Morgan fingerprint density at radius 2 is 0.865 bits per heavy atom. The van der Waals surface area contributed by atoms with Crippen molar-refractivity contribution in [3.63, 3.8) is 0 Å². The van der Waals surface area contributed by atoms with E-state index in [0.29, 0.717) is 16.7 Å². The zero-order chi connectivity index (χ0) is 26.0. The van der Waals surface area contributed by atoms with Crippen LogP contribution in [0.25, 0.3) is 22.3 Å². The van der Waals surface area contributed by atoms with Crippen molar-refractivity contribution in [1.29, 1.82) is 0 Å². The van der Waals surface area contributed by atoms with Crippen LogP contribution >= 0.6 is 0 Å². The molecule has 0 aromatic heterocycles. The van der Waals surface area contributed by atoms with Crippen LogP contribution in [0.1, 0.15) is 61.6 Å². The lowest BCUT2D eigenvalue weighted by Gasteiger charge is -2.08. The lowest BCUT2D eigenvalue weighted by molar-refractivity contribution is 0.576. The molecule has 0 nitrogen and oxygen atoms in total. The van der Waals surface area contributed by atoms with Gasteiger partial charge in [-0.15, -0.1) is 0 Å². The lowest BCUT2D eigenvalue weighted by Crippen LogP contribution is -1.92. The highest BCUT2D eigenvalue weighted by molar-refractivity contribution is 5.65. The topological polar surface area (TPSA) is 0 Å². The van der Waals surface area contributed by atoms with E-state index in [1.165, 1.54) is 37.0 Å². The van der Waals surface area contributed by atoms with E-state index >= 15 is 0 Å². The van der Waals surface area contributed by atoms with Crippen LogP contribution in [0.5, 0.6) is 0 Å². The zero-order valence-corrected chi connectivity index (χ0v) is 21.6. The van der Waals surface area contributed by atoms with Gasteiger partial charge in [0.05, 0.1) is 0 Å². The molecule has 0 atom stereocenters. The normalized spacial score (nSPS) is 11.1. The molecule has 37 heavy (non-hydrogen) atoms. The van der Waals surface area contributed by atoms with Crippen LogP contribution in [0.4, 0.5) is 13.2 Å². The molecule has 192 valence electrons. The van der Waals surface area contributed by atoms with Crippen molar-refractivity contribution in [1.82, 2.24) is 0 Å². The average molecular weight is 501 g/mol. The van der Waals surface area contributed by atoms with E-state index in [9.17, 15) is 13.2 Å². The van der Waals surface area contributed by atoms with Gasteiger partial charge in [0.2, 0.25) is 0 Å². The van der Waals surface area contributed by atoms with E-state index < -0.39 is 0 Å². The van der Waals surface area contributed by atoms with Gasteiger partial charge in [0.15, 0.2) is 0 Å². The highest BCUT2D eigenvalue weighted by Crippen LogP contribution is 2.26. The number of hydrogen-bond acceptors (Lipinski definition) is 0. The van der Waals surface area contributed by atoms with Crippen LogP contribution in [0.15, 0.2) is 84.9 Å². The molecular formula is C34H35F3. The molecule has 0 aliphatic heterocycles. The molecule has 0 bridgehead atoms. The van der Waals surface area contributed by atoms with Crippen molar-refractivity contribution in [2.24, 2.45) is 0 Å². The first kappa shape index (κ1) is 26.7. The average Bonchev–Trinajstić information content (AvgIpc) is 2.89. The fourth-order valence-electron chi connectivity index (χ4n) is 4.80. The summed E-state index contributed by atoms with van der Waals surface area (Å²) < 4.78 is 42.2. The Bertz CT molecular complexity index is 1170. The largest absolute Gasteiger partial charge is 0.207 e. The number of aryl methyl sites for hydroxylation is 3. The molecule has 0 N–H and O–H groups in total. The van der Waals surface area contributed by atoms with E-state index in [0.717, 1.165) is 55.2 Å². The van der Waals surface area contributed by atoms with Crippen LogP contribution in [0, 0.1) is 24.4 Å². The Labute approximate surface area is 219 Å². The third-order valence-electron chi connectivity index (χ3n) is 7.02. The minimum atomic E-state index is -0.319. The van der Waals surface area contributed by atoms with Gasteiger partial charge in [-0.25, -0.2) is 13.2 Å². The van der Waals surface area contributed by atoms with E-state index in [2.05, 4.69) is 0 Å². The SMILES string of the molecule is Cc1ccc(-c2ccc(CCCCCCCCCc3ccc(-c4ccc(F)cc4)c(F)c3)cc2F)cc1. The van der Waals surface area contributed by atoms with Crippen molar-refractivity contribution in [2.45, 2.75) is 64.7 Å². The maximum absolute atomic E-state index is 14.6. The Hall–Kier alpha value is -3.33. The molecule has 4 aromatic rings. The molecule has 0 radical (unpaired) electrons. The second kappa shape index (κ2) is 13.3. The maximum atomic E-state index is 14.6. The zero-order valence-electron chi connectivity index (χ0n) is 21.6. The summed E-state index contributed by atoms with van der Waals surface area (Å²) in [5.41, 5.74) is 6.01. The first-order valence-electron chi connectivity index (χ1n) is 13.4. The highest BCUT2D eigenvalue weighted by atomic mass is 19.1. The molecule has 0 spiro atoms. The standard InChI is InChI=1S/C34H35F3/c1-25-11-15-28(16-12-25)31-21-13-26(23-33(31)36)9-7-5-3-2-4-6-8-10-27-14-22-32(34(37)24-27)29-17-19-30(35)20-18-29/h11-24H,2-10H2,1H3. The predicted molar refractivity (Wildman–Crippen MR) is 148 cm³/mol. The summed E-state index contributed by atoms with van der Waals surface area (Å²) >= 11 is 0. The first-order valence-corrected chi connectivity index (χ1v) is 13.4. The van der Waals surface area contributed by atoms with Crippen LogP contribution in [-0.4, -0.2) is 0 Å². The molecule has 0 amide bonds. The Morgan fingerprint density at radius 3 is 1.30 bits per heavy atom. The third kappa shape index (κ3) is 7.82. The van der Waals surface area contributed by atoms with Crippen molar-refractivity contribution < 1.29 is 13.2 Å². The van der Waals surface area contributed by atoms with Crippen molar-refractivity contribution in [3.05, 3.63) is 119 Å². The van der Waals surface area contributed by atoms with E-state index in [-0.39, 0.29) is 17.5 Å². The van der Waals surface area contributed by atoms with E-state index in [1.807, 2.05) is 49.4 Å². The predicted octanol–water partition coefficient (Wildman–Crippen LogP) is 10.3. The van der Waals surface area contributed by atoms with Crippen molar-refractivity contribution >= 4 is 0 Å². The second-order valence-corrected chi connectivity index (χ2v) is 9.98. The molecule has 0 aliphatic rings. The van der Waals surface area contributed by atoms with Gasteiger partial charge in [-0.05, 0) is 79.1 Å². The third-order valence-corrected chi connectivity index (χ3v) is 7.02. The molecule has 0 saturated carbocycles. The highest BCUT2D eigenvalue weighted by Gasteiger charge is 2.08. The second-order valence-electron chi connectivity index (χ2n) is 9.98. The molecule has 0 aliphatic carbocycles. The molecule has 4 rings (SSSR count). The van der Waals surface area contributed by atoms with Gasteiger partial charge >= 0.3 is 0 Å². The Morgan fingerprint density at radius 1 is 0.459 bits per heavy atom. The van der Waals surface area contributed by atoms with Gasteiger partial charge in [-0.1, -0.05) is 98.3 Å². The number of halogens is 3. The molecule has 0 fully saturated rings. The summed E-state index contributed by atoms with van der Waals surface area (Å²) in [6, 6.07) is 24.9. The van der Waals surface area contributed by atoms with E-state index in [1.54, 1.807) is 30.3 Å². The number of unbranched alkanes of at least 4 members (excludes halogenated alkanes) is 6. The summed E-state index contributed by atoms with van der Waals surface area (Å²) in [7, 11) is 0. The van der Waals surface area contributed by atoms with Gasteiger partial charge in [0, 0.05) is 11.1 Å². The fourth-order valence-corrected chi connectivity index (χ4v) is 4.80. The fraction of sp³-hybridized carbons (Fsp3) is 0.294. The minimum absolute atomic E-state index is 0.147. The molecule has 4 aromatic carbocycles. The Balaban J connectivity index is 1.10. The molecule has 0 heterocycles.